The molecule has 0 fully saturated rings. The second kappa shape index (κ2) is 3.71. The molecule has 3 heteroatoms. The van der Waals surface area contributed by atoms with Crippen molar-refractivity contribution >= 4 is 31.9 Å². The van der Waals surface area contributed by atoms with Crippen LogP contribution in [0.1, 0.15) is 30.0 Å². The van der Waals surface area contributed by atoms with E-state index in [0.717, 1.165) is 17.3 Å². The van der Waals surface area contributed by atoms with Gasteiger partial charge in [0.1, 0.15) is 0 Å². The first kappa shape index (κ1) is 9.69. The third-order valence-electron chi connectivity index (χ3n) is 2.57. The Kier molecular flexibility index (Phi) is 2.77. The van der Waals surface area contributed by atoms with E-state index < -0.39 is 0 Å². The quantitative estimate of drug-likeness (QED) is 0.779. The number of rotatable bonds is 0. The summed E-state index contributed by atoms with van der Waals surface area (Å²) in [5.74, 6) is 0. The molecule has 1 aliphatic rings. The highest BCUT2D eigenvalue weighted by atomic mass is 79.9. The lowest BCUT2D eigenvalue weighted by molar-refractivity contribution is 0.568. The number of halogens is 2. The molecule has 1 atom stereocenters. The molecule has 0 heterocycles. The van der Waals surface area contributed by atoms with E-state index in [-0.39, 0.29) is 6.04 Å². The Morgan fingerprint density at radius 1 is 1.31 bits per heavy atom. The van der Waals surface area contributed by atoms with Gasteiger partial charge in [0.2, 0.25) is 0 Å². The molecule has 1 aromatic carbocycles. The molecule has 0 saturated carbocycles. The molecule has 1 aromatic rings. The smallest absolute Gasteiger partial charge is 0.0352 e. The van der Waals surface area contributed by atoms with E-state index in [1.807, 2.05) is 0 Å². The standard InChI is InChI=1S/C10H11Br2N/c11-8-5-4-6-7(10(8)12)2-1-3-9(6)13/h4-5,9H,1-3,13H2. The van der Waals surface area contributed by atoms with Crippen molar-refractivity contribution in [2.75, 3.05) is 0 Å². The van der Waals surface area contributed by atoms with Crippen LogP contribution in [0.4, 0.5) is 0 Å². The summed E-state index contributed by atoms with van der Waals surface area (Å²) in [5.41, 5.74) is 8.72. The minimum absolute atomic E-state index is 0.230. The molecule has 0 aromatic heterocycles. The number of benzene rings is 1. The Bertz CT molecular complexity index is 336. The second-order valence-corrected chi connectivity index (χ2v) is 5.08. The maximum Gasteiger partial charge on any atom is 0.0352 e. The molecule has 1 unspecified atom stereocenters. The summed E-state index contributed by atoms with van der Waals surface area (Å²) < 4.78 is 2.31. The molecule has 0 radical (unpaired) electrons. The van der Waals surface area contributed by atoms with Crippen molar-refractivity contribution < 1.29 is 0 Å². The van der Waals surface area contributed by atoms with Gasteiger partial charge >= 0.3 is 0 Å². The zero-order valence-electron chi connectivity index (χ0n) is 7.19. The fraction of sp³-hybridized carbons (Fsp3) is 0.400. The summed E-state index contributed by atoms with van der Waals surface area (Å²) in [7, 11) is 0. The molecule has 2 N–H and O–H groups in total. The molecular formula is C10H11Br2N. The Morgan fingerprint density at radius 3 is 2.85 bits per heavy atom. The molecule has 2 rings (SSSR count). The monoisotopic (exact) mass is 303 g/mol. The summed E-state index contributed by atoms with van der Waals surface area (Å²) >= 11 is 7.10. The topological polar surface area (TPSA) is 26.0 Å². The van der Waals surface area contributed by atoms with Crippen molar-refractivity contribution in [2.45, 2.75) is 25.3 Å². The van der Waals surface area contributed by atoms with Gasteiger partial charge in [-0.25, -0.2) is 0 Å². The number of fused-ring (bicyclic) bond motifs is 1. The van der Waals surface area contributed by atoms with Gasteiger partial charge in [0, 0.05) is 15.0 Å². The van der Waals surface area contributed by atoms with E-state index >= 15 is 0 Å². The SMILES string of the molecule is NC1CCCc2c1ccc(Br)c2Br. The number of nitrogens with two attached hydrogens (primary N) is 1. The first-order chi connectivity index (χ1) is 6.20. The second-order valence-electron chi connectivity index (χ2n) is 3.43. The Morgan fingerprint density at radius 2 is 2.08 bits per heavy atom. The van der Waals surface area contributed by atoms with Gasteiger partial charge in [0.05, 0.1) is 0 Å². The molecule has 13 heavy (non-hydrogen) atoms. The molecular weight excluding hydrogens is 294 g/mol. The van der Waals surface area contributed by atoms with Crippen LogP contribution in [0.5, 0.6) is 0 Å². The van der Waals surface area contributed by atoms with Crippen LogP contribution in [-0.4, -0.2) is 0 Å². The van der Waals surface area contributed by atoms with E-state index in [1.54, 1.807) is 0 Å². The van der Waals surface area contributed by atoms with E-state index in [2.05, 4.69) is 44.0 Å². The third kappa shape index (κ3) is 1.69. The Labute approximate surface area is 95.0 Å². The highest BCUT2D eigenvalue weighted by molar-refractivity contribution is 9.13. The average Bonchev–Trinajstić information content (AvgIpc) is 2.12. The number of hydrogen-bond acceptors (Lipinski definition) is 1. The molecule has 1 aliphatic carbocycles. The van der Waals surface area contributed by atoms with Gasteiger partial charge < -0.3 is 5.73 Å². The van der Waals surface area contributed by atoms with Crippen molar-refractivity contribution in [2.24, 2.45) is 5.73 Å². The normalized spacial score (nSPS) is 21.3. The minimum Gasteiger partial charge on any atom is -0.324 e. The van der Waals surface area contributed by atoms with E-state index in [0.29, 0.717) is 0 Å². The summed E-state index contributed by atoms with van der Waals surface area (Å²) in [5, 5.41) is 0. The molecule has 0 amide bonds. The first-order valence-corrected chi connectivity index (χ1v) is 6.01. The van der Waals surface area contributed by atoms with Crippen LogP contribution in [0.25, 0.3) is 0 Å². The molecule has 0 spiro atoms. The molecule has 0 aliphatic heterocycles. The van der Waals surface area contributed by atoms with Gasteiger partial charge in [-0.15, -0.1) is 0 Å². The zero-order valence-corrected chi connectivity index (χ0v) is 10.4. The molecule has 0 bridgehead atoms. The summed E-state index contributed by atoms with van der Waals surface area (Å²) in [4.78, 5) is 0. The van der Waals surface area contributed by atoms with Gasteiger partial charge in [-0.05, 0) is 68.3 Å². The first-order valence-electron chi connectivity index (χ1n) is 4.42. The van der Waals surface area contributed by atoms with Crippen molar-refractivity contribution in [3.63, 3.8) is 0 Å². The van der Waals surface area contributed by atoms with Crippen LogP contribution in [-0.2, 0) is 6.42 Å². The van der Waals surface area contributed by atoms with Crippen molar-refractivity contribution in [1.29, 1.82) is 0 Å². The third-order valence-corrected chi connectivity index (χ3v) is 4.67. The maximum atomic E-state index is 6.03. The Hall–Kier alpha value is 0.140. The van der Waals surface area contributed by atoms with Crippen LogP contribution in [0.2, 0.25) is 0 Å². The van der Waals surface area contributed by atoms with Crippen molar-refractivity contribution in [3.8, 4) is 0 Å². The highest BCUT2D eigenvalue weighted by Crippen LogP contribution is 2.36. The lowest BCUT2D eigenvalue weighted by atomic mass is 9.88. The van der Waals surface area contributed by atoms with Crippen LogP contribution in [0.15, 0.2) is 21.1 Å². The van der Waals surface area contributed by atoms with Crippen molar-refractivity contribution in [3.05, 3.63) is 32.2 Å². The van der Waals surface area contributed by atoms with Gasteiger partial charge in [-0.3, -0.25) is 0 Å². The minimum atomic E-state index is 0.230. The van der Waals surface area contributed by atoms with E-state index in [1.165, 1.54) is 22.0 Å². The summed E-state index contributed by atoms with van der Waals surface area (Å²) in [6.45, 7) is 0. The van der Waals surface area contributed by atoms with Gasteiger partial charge in [0.25, 0.3) is 0 Å². The summed E-state index contributed by atoms with van der Waals surface area (Å²) in [6, 6.07) is 4.43. The van der Waals surface area contributed by atoms with Crippen molar-refractivity contribution in [1.82, 2.24) is 0 Å². The van der Waals surface area contributed by atoms with E-state index in [4.69, 9.17) is 5.73 Å². The zero-order chi connectivity index (χ0) is 9.42. The van der Waals surface area contributed by atoms with Crippen LogP contribution in [0, 0.1) is 0 Å². The average molecular weight is 305 g/mol. The van der Waals surface area contributed by atoms with Gasteiger partial charge in [-0.1, -0.05) is 6.07 Å². The highest BCUT2D eigenvalue weighted by Gasteiger charge is 2.19. The fourth-order valence-electron chi connectivity index (χ4n) is 1.86. The van der Waals surface area contributed by atoms with E-state index in [9.17, 15) is 0 Å². The lowest BCUT2D eigenvalue weighted by Gasteiger charge is -2.23. The molecule has 1 nitrogen and oxygen atoms in total. The molecule has 70 valence electrons. The van der Waals surface area contributed by atoms with Gasteiger partial charge in [-0.2, -0.15) is 0 Å². The van der Waals surface area contributed by atoms with Crippen LogP contribution >= 0.6 is 31.9 Å². The Balaban J connectivity index is 2.56. The fourth-order valence-corrected chi connectivity index (χ4v) is 2.79. The van der Waals surface area contributed by atoms with Crippen LogP contribution < -0.4 is 5.73 Å². The van der Waals surface area contributed by atoms with Crippen LogP contribution in [0.3, 0.4) is 0 Å². The lowest BCUT2D eigenvalue weighted by Crippen LogP contribution is -2.17. The predicted molar refractivity (Wildman–Crippen MR) is 61.7 cm³/mol. The summed E-state index contributed by atoms with van der Waals surface area (Å²) in [6.07, 6.45) is 3.45. The molecule has 0 saturated heterocycles. The largest absolute Gasteiger partial charge is 0.324 e. The predicted octanol–water partition coefficient (Wildman–Crippen LogP) is 3.55. The maximum absolute atomic E-state index is 6.03. The van der Waals surface area contributed by atoms with Gasteiger partial charge in [0.15, 0.2) is 0 Å². The number of hydrogen-bond donors (Lipinski definition) is 1.